The van der Waals surface area contributed by atoms with Crippen LogP contribution in [0.4, 0.5) is 11.8 Å². The van der Waals surface area contributed by atoms with Crippen LogP contribution in [0, 0.1) is 0 Å². The molecule has 0 unspecified atom stereocenters. The first kappa shape index (κ1) is 27.7. The highest BCUT2D eigenvalue weighted by molar-refractivity contribution is 5.44. The van der Waals surface area contributed by atoms with E-state index in [9.17, 15) is 0 Å². The number of hydrogen-bond acceptors (Lipinski definition) is 9. The number of nitrogens with zero attached hydrogens (tertiary/aromatic N) is 5. The summed E-state index contributed by atoms with van der Waals surface area (Å²) in [5.74, 6) is 1.87. The van der Waals surface area contributed by atoms with Gasteiger partial charge in [-0.2, -0.15) is 4.98 Å². The van der Waals surface area contributed by atoms with Crippen LogP contribution in [0.25, 0.3) is 0 Å². The third-order valence-electron chi connectivity index (χ3n) is 7.35. The van der Waals surface area contributed by atoms with Crippen molar-refractivity contribution in [2.24, 2.45) is 0 Å². The molecule has 0 bridgehead atoms. The summed E-state index contributed by atoms with van der Waals surface area (Å²) in [7, 11) is 0. The van der Waals surface area contributed by atoms with Gasteiger partial charge in [0, 0.05) is 24.7 Å². The summed E-state index contributed by atoms with van der Waals surface area (Å²) in [5, 5.41) is 26.3. The number of aromatic nitrogens is 5. The van der Waals surface area contributed by atoms with Crippen LogP contribution in [0.3, 0.4) is 0 Å². The zero-order valence-corrected chi connectivity index (χ0v) is 22.9. The van der Waals surface area contributed by atoms with E-state index in [1.54, 1.807) is 0 Å². The maximum atomic E-state index is 4.73. The minimum Gasteiger partial charge on any atom is -0.367 e. The second-order valence-corrected chi connectivity index (χ2v) is 10.9. The van der Waals surface area contributed by atoms with Crippen LogP contribution >= 0.6 is 0 Å². The smallest absolute Gasteiger partial charge is 0.225 e. The summed E-state index contributed by atoms with van der Waals surface area (Å²) in [5.41, 5.74) is 1.93. The van der Waals surface area contributed by atoms with Crippen LogP contribution in [0.2, 0.25) is 0 Å². The fraction of sp³-hybridized carbons (Fsp3) is 0.778. The number of aryl methyl sites for hydroxylation is 1. The van der Waals surface area contributed by atoms with Crippen LogP contribution in [-0.4, -0.2) is 69.8 Å². The fourth-order valence-electron chi connectivity index (χ4n) is 5.11. The van der Waals surface area contributed by atoms with Gasteiger partial charge in [-0.05, 0) is 77.2 Å². The number of nitrogens with one attached hydrogen (secondary N) is 5. The lowest BCUT2D eigenvalue weighted by Gasteiger charge is -2.24. The Bertz CT molecular complexity index is 902. The molecule has 1 saturated carbocycles. The molecule has 10 nitrogen and oxygen atoms in total. The molecular formula is C27H48N10. The first-order valence-electron chi connectivity index (χ1n) is 14.6. The van der Waals surface area contributed by atoms with E-state index in [4.69, 9.17) is 9.97 Å². The van der Waals surface area contributed by atoms with E-state index in [0.29, 0.717) is 24.5 Å². The van der Waals surface area contributed by atoms with E-state index in [-0.39, 0.29) is 0 Å². The molecule has 37 heavy (non-hydrogen) atoms. The average molecular weight is 513 g/mol. The maximum Gasteiger partial charge on any atom is 0.225 e. The molecule has 0 spiro atoms. The summed E-state index contributed by atoms with van der Waals surface area (Å²) < 4.78 is 1.93. The van der Waals surface area contributed by atoms with E-state index < -0.39 is 0 Å². The van der Waals surface area contributed by atoms with Crippen molar-refractivity contribution in [3.63, 3.8) is 0 Å². The van der Waals surface area contributed by atoms with Gasteiger partial charge in [-0.15, -0.1) is 5.10 Å². The SMILES string of the molecule is CC(C)c1cc(NC2CCNCC2)nc(NCc2cn(CCCNCCCNC3CCCCC3)nn2)n1. The lowest BCUT2D eigenvalue weighted by atomic mass is 9.95. The second-order valence-electron chi connectivity index (χ2n) is 10.9. The van der Waals surface area contributed by atoms with Gasteiger partial charge in [0.2, 0.25) is 5.95 Å². The van der Waals surface area contributed by atoms with E-state index in [1.165, 1.54) is 38.5 Å². The Morgan fingerprint density at radius 1 is 0.973 bits per heavy atom. The third-order valence-corrected chi connectivity index (χ3v) is 7.35. The Hall–Kier alpha value is -2.30. The molecule has 1 aliphatic carbocycles. The van der Waals surface area contributed by atoms with Gasteiger partial charge in [-0.25, -0.2) is 4.98 Å². The molecule has 1 aliphatic heterocycles. The van der Waals surface area contributed by atoms with Crippen molar-refractivity contribution in [3.05, 3.63) is 23.7 Å². The topological polar surface area (TPSA) is 117 Å². The molecule has 0 amide bonds. The number of anilines is 2. The van der Waals surface area contributed by atoms with Gasteiger partial charge in [0.15, 0.2) is 0 Å². The van der Waals surface area contributed by atoms with E-state index in [2.05, 4.69) is 56.8 Å². The molecule has 3 heterocycles. The Morgan fingerprint density at radius 3 is 2.59 bits per heavy atom. The van der Waals surface area contributed by atoms with Crippen molar-refractivity contribution in [2.45, 2.75) is 103 Å². The molecule has 206 valence electrons. The third kappa shape index (κ3) is 9.83. The number of hydrogen-bond donors (Lipinski definition) is 5. The van der Waals surface area contributed by atoms with Crippen molar-refractivity contribution >= 4 is 11.8 Å². The maximum absolute atomic E-state index is 4.73. The first-order valence-corrected chi connectivity index (χ1v) is 14.6. The highest BCUT2D eigenvalue weighted by atomic mass is 15.4. The molecule has 2 aromatic rings. The Morgan fingerprint density at radius 2 is 1.78 bits per heavy atom. The normalized spacial score (nSPS) is 17.4. The molecule has 4 rings (SSSR count). The van der Waals surface area contributed by atoms with Gasteiger partial charge in [0.1, 0.15) is 11.5 Å². The predicted molar refractivity (Wildman–Crippen MR) is 150 cm³/mol. The predicted octanol–water partition coefficient (Wildman–Crippen LogP) is 3.26. The summed E-state index contributed by atoms with van der Waals surface area (Å²) >= 11 is 0. The molecule has 5 N–H and O–H groups in total. The summed E-state index contributed by atoms with van der Waals surface area (Å²) in [4.78, 5) is 9.45. The molecule has 2 aliphatic rings. The minimum absolute atomic E-state index is 0.333. The molecule has 0 aromatic carbocycles. The van der Waals surface area contributed by atoms with Gasteiger partial charge in [-0.1, -0.05) is 38.3 Å². The van der Waals surface area contributed by atoms with Crippen LogP contribution in [-0.2, 0) is 13.1 Å². The lowest BCUT2D eigenvalue weighted by molar-refractivity contribution is 0.371. The standard InChI is InChI=1S/C27H48N10/c1-21(2)25-18-26(32-23-10-15-29-16-11-23)34-27(33-25)31-19-24-20-37(36-35-24)17-7-13-28-12-6-14-30-22-8-4-3-5-9-22/h18,20-23,28-30H,3-17,19H2,1-2H3,(H2,31,32,33,34). The molecular weight excluding hydrogens is 464 g/mol. The minimum atomic E-state index is 0.333. The van der Waals surface area contributed by atoms with Gasteiger partial charge < -0.3 is 26.6 Å². The molecule has 2 aromatic heterocycles. The quantitative estimate of drug-likeness (QED) is 0.229. The van der Waals surface area contributed by atoms with Crippen molar-refractivity contribution in [3.8, 4) is 0 Å². The molecule has 10 heteroatoms. The molecule has 0 atom stereocenters. The summed E-state index contributed by atoms with van der Waals surface area (Å²) in [6.07, 6.45) is 13.4. The van der Waals surface area contributed by atoms with Gasteiger partial charge >= 0.3 is 0 Å². The van der Waals surface area contributed by atoms with Gasteiger partial charge in [0.25, 0.3) is 0 Å². The highest BCUT2D eigenvalue weighted by Gasteiger charge is 2.15. The van der Waals surface area contributed by atoms with Crippen molar-refractivity contribution in [2.75, 3.05) is 43.4 Å². The van der Waals surface area contributed by atoms with Crippen LogP contribution < -0.4 is 26.6 Å². The number of piperidine rings is 1. The molecule has 0 radical (unpaired) electrons. The van der Waals surface area contributed by atoms with Crippen molar-refractivity contribution in [1.82, 2.24) is 40.9 Å². The molecule has 1 saturated heterocycles. The highest BCUT2D eigenvalue weighted by Crippen LogP contribution is 2.20. The van der Waals surface area contributed by atoms with Crippen LogP contribution in [0.1, 0.15) is 88.9 Å². The monoisotopic (exact) mass is 512 g/mol. The van der Waals surface area contributed by atoms with E-state index >= 15 is 0 Å². The molecule has 2 fully saturated rings. The lowest BCUT2D eigenvalue weighted by Crippen LogP contribution is -2.35. The largest absolute Gasteiger partial charge is 0.367 e. The Kier molecular flexibility index (Phi) is 11.4. The Labute approximate surface area is 222 Å². The summed E-state index contributed by atoms with van der Waals surface area (Å²) in [6.45, 7) is 11.0. The zero-order chi connectivity index (χ0) is 25.7. The van der Waals surface area contributed by atoms with Crippen molar-refractivity contribution in [1.29, 1.82) is 0 Å². The Balaban J connectivity index is 1.14. The van der Waals surface area contributed by atoms with Crippen LogP contribution in [0.5, 0.6) is 0 Å². The van der Waals surface area contributed by atoms with Crippen LogP contribution in [0.15, 0.2) is 12.3 Å². The van der Waals surface area contributed by atoms with Gasteiger partial charge in [-0.3, -0.25) is 4.68 Å². The summed E-state index contributed by atoms with van der Waals surface area (Å²) in [6, 6.07) is 3.29. The van der Waals surface area contributed by atoms with Crippen molar-refractivity contribution < 1.29 is 0 Å². The van der Waals surface area contributed by atoms with E-state index in [0.717, 1.165) is 81.8 Å². The van der Waals surface area contributed by atoms with E-state index in [1.807, 2.05) is 10.9 Å². The average Bonchev–Trinajstić information content (AvgIpc) is 3.38. The first-order chi connectivity index (χ1) is 18.2. The number of rotatable bonds is 15. The second kappa shape index (κ2) is 15.2. The fourth-order valence-corrected chi connectivity index (χ4v) is 5.11. The zero-order valence-electron chi connectivity index (χ0n) is 22.9. The van der Waals surface area contributed by atoms with Gasteiger partial charge in [0.05, 0.1) is 18.4 Å².